The maximum Gasteiger partial charge on any atom is 0.0891 e. The summed E-state index contributed by atoms with van der Waals surface area (Å²) in [6, 6.07) is 12.3. The number of aryl methyl sites for hydroxylation is 2. The van der Waals surface area contributed by atoms with Crippen LogP contribution in [0.5, 0.6) is 0 Å². The Bertz CT molecular complexity index is 625. The van der Waals surface area contributed by atoms with Crippen LogP contribution in [-0.4, -0.2) is 14.1 Å². The van der Waals surface area contributed by atoms with Crippen molar-refractivity contribution in [1.29, 1.82) is 0 Å². The summed E-state index contributed by atoms with van der Waals surface area (Å²) in [5.74, 6) is 0. The molecule has 104 valence electrons. The second kappa shape index (κ2) is 5.87. The highest BCUT2D eigenvalue weighted by Crippen LogP contribution is 2.26. The van der Waals surface area contributed by atoms with Crippen LogP contribution in [0, 0.1) is 20.8 Å². The predicted molar refractivity (Wildman–Crippen MR) is 85.6 cm³/mol. The van der Waals surface area contributed by atoms with Gasteiger partial charge in [-0.05, 0) is 67.8 Å². The largest absolute Gasteiger partial charge is 0.378 e. The van der Waals surface area contributed by atoms with E-state index in [-0.39, 0.29) is 0 Å². The quantitative estimate of drug-likeness (QED) is 0.711. The monoisotopic (exact) mass is 267 g/mol. The van der Waals surface area contributed by atoms with E-state index in [9.17, 15) is 0 Å². The van der Waals surface area contributed by atoms with Gasteiger partial charge in [-0.3, -0.25) is 0 Å². The van der Waals surface area contributed by atoms with Crippen LogP contribution in [0.2, 0.25) is 0 Å². The fourth-order valence-electron chi connectivity index (χ4n) is 2.05. The molecule has 0 aliphatic heterocycles. The van der Waals surface area contributed by atoms with Crippen molar-refractivity contribution in [3.63, 3.8) is 0 Å². The molecule has 3 nitrogen and oxygen atoms in total. The Morgan fingerprint density at radius 3 is 2.10 bits per heavy atom. The van der Waals surface area contributed by atoms with E-state index in [0.717, 1.165) is 17.1 Å². The van der Waals surface area contributed by atoms with E-state index in [4.69, 9.17) is 0 Å². The molecule has 2 aromatic carbocycles. The fraction of sp³-hybridized carbons (Fsp3) is 0.294. The highest BCUT2D eigenvalue weighted by Gasteiger charge is 2.02. The molecule has 0 saturated carbocycles. The number of hydrogen-bond donors (Lipinski definition) is 0. The summed E-state index contributed by atoms with van der Waals surface area (Å²) in [5.41, 5.74) is 6.62. The van der Waals surface area contributed by atoms with Crippen LogP contribution in [-0.2, 0) is 0 Å². The van der Waals surface area contributed by atoms with Crippen LogP contribution < -0.4 is 4.90 Å². The van der Waals surface area contributed by atoms with Crippen molar-refractivity contribution in [2.75, 3.05) is 19.0 Å². The first kappa shape index (κ1) is 14.3. The maximum atomic E-state index is 4.38. The average molecular weight is 267 g/mol. The normalized spacial score (nSPS) is 11.1. The number of hydrogen-bond acceptors (Lipinski definition) is 3. The van der Waals surface area contributed by atoms with E-state index in [0.29, 0.717) is 0 Å². The van der Waals surface area contributed by atoms with E-state index in [1.807, 2.05) is 38.4 Å². The topological polar surface area (TPSA) is 28.0 Å². The van der Waals surface area contributed by atoms with Gasteiger partial charge in [0.2, 0.25) is 0 Å². The molecule has 2 aromatic rings. The van der Waals surface area contributed by atoms with E-state index in [1.165, 1.54) is 16.7 Å². The summed E-state index contributed by atoms with van der Waals surface area (Å²) in [6.07, 6.45) is 0. The van der Waals surface area contributed by atoms with Gasteiger partial charge in [-0.1, -0.05) is 6.07 Å². The second-order valence-electron chi connectivity index (χ2n) is 5.34. The zero-order valence-corrected chi connectivity index (χ0v) is 12.8. The number of anilines is 1. The number of nitrogens with zero attached hydrogens (tertiary/aromatic N) is 3. The average Bonchev–Trinajstić information content (AvgIpc) is 2.41. The van der Waals surface area contributed by atoms with E-state index < -0.39 is 0 Å². The van der Waals surface area contributed by atoms with Gasteiger partial charge in [0.25, 0.3) is 0 Å². The first-order valence-electron chi connectivity index (χ1n) is 6.74. The Hall–Kier alpha value is -2.16. The van der Waals surface area contributed by atoms with Crippen molar-refractivity contribution in [3.8, 4) is 0 Å². The Balaban J connectivity index is 2.25. The Morgan fingerprint density at radius 2 is 1.50 bits per heavy atom. The van der Waals surface area contributed by atoms with Crippen molar-refractivity contribution < 1.29 is 0 Å². The lowest BCUT2D eigenvalue weighted by atomic mass is 10.1. The smallest absolute Gasteiger partial charge is 0.0891 e. The SMILES string of the molecule is Cc1cc(C)c(C)c(N=Nc2ccc(N(C)C)cc2)c1. The Labute approximate surface area is 121 Å². The van der Waals surface area contributed by atoms with Crippen LogP contribution in [0.15, 0.2) is 46.6 Å². The molecule has 0 atom stereocenters. The van der Waals surface area contributed by atoms with Gasteiger partial charge in [0.1, 0.15) is 0 Å². The van der Waals surface area contributed by atoms with Crippen LogP contribution in [0.1, 0.15) is 16.7 Å². The number of azo groups is 1. The highest BCUT2D eigenvalue weighted by molar-refractivity contribution is 5.54. The molecule has 3 heteroatoms. The Kier molecular flexibility index (Phi) is 4.18. The van der Waals surface area contributed by atoms with Gasteiger partial charge in [-0.25, -0.2) is 0 Å². The third-order valence-corrected chi connectivity index (χ3v) is 3.42. The predicted octanol–water partition coefficient (Wildman–Crippen LogP) is 5.09. The molecular weight excluding hydrogens is 246 g/mol. The molecule has 0 heterocycles. The minimum absolute atomic E-state index is 0.870. The van der Waals surface area contributed by atoms with E-state index >= 15 is 0 Å². The first-order valence-corrected chi connectivity index (χ1v) is 6.74. The number of benzene rings is 2. The highest BCUT2D eigenvalue weighted by atomic mass is 15.1. The van der Waals surface area contributed by atoms with Crippen LogP contribution in [0.25, 0.3) is 0 Å². The van der Waals surface area contributed by atoms with Gasteiger partial charge in [0.15, 0.2) is 0 Å². The Morgan fingerprint density at radius 1 is 0.850 bits per heavy atom. The van der Waals surface area contributed by atoms with Crippen molar-refractivity contribution in [3.05, 3.63) is 53.1 Å². The molecule has 0 spiro atoms. The molecule has 0 fully saturated rings. The van der Waals surface area contributed by atoms with E-state index in [1.54, 1.807) is 0 Å². The fourth-order valence-corrected chi connectivity index (χ4v) is 2.05. The molecule has 0 bridgehead atoms. The molecule has 0 amide bonds. The number of rotatable bonds is 3. The van der Waals surface area contributed by atoms with Crippen molar-refractivity contribution in [1.82, 2.24) is 0 Å². The zero-order chi connectivity index (χ0) is 14.7. The van der Waals surface area contributed by atoms with Gasteiger partial charge in [-0.2, -0.15) is 10.2 Å². The lowest BCUT2D eigenvalue weighted by Gasteiger charge is -2.11. The van der Waals surface area contributed by atoms with Crippen molar-refractivity contribution in [2.24, 2.45) is 10.2 Å². The maximum absolute atomic E-state index is 4.38. The molecule has 20 heavy (non-hydrogen) atoms. The van der Waals surface area contributed by atoms with Gasteiger partial charge < -0.3 is 4.90 Å². The van der Waals surface area contributed by atoms with Gasteiger partial charge in [0.05, 0.1) is 11.4 Å². The molecule has 0 aliphatic rings. The lowest BCUT2D eigenvalue weighted by molar-refractivity contribution is 1.13. The summed E-state index contributed by atoms with van der Waals surface area (Å²) < 4.78 is 0. The summed E-state index contributed by atoms with van der Waals surface area (Å²) >= 11 is 0. The summed E-state index contributed by atoms with van der Waals surface area (Å²) in [7, 11) is 4.05. The van der Waals surface area contributed by atoms with E-state index in [2.05, 4.69) is 48.0 Å². The standard InChI is InChI=1S/C17H21N3/c1-12-10-13(2)14(3)17(11-12)19-18-15-6-8-16(9-7-15)20(4)5/h6-11H,1-5H3. The summed E-state index contributed by atoms with van der Waals surface area (Å²) in [6.45, 7) is 6.27. The van der Waals surface area contributed by atoms with Crippen LogP contribution in [0.4, 0.5) is 17.1 Å². The van der Waals surface area contributed by atoms with Gasteiger partial charge in [0, 0.05) is 19.8 Å². The molecule has 0 unspecified atom stereocenters. The molecule has 0 radical (unpaired) electrons. The summed E-state index contributed by atoms with van der Waals surface area (Å²) in [4.78, 5) is 2.06. The van der Waals surface area contributed by atoms with Crippen LogP contribution in [0.3, 0.4) is 0 Å². The van der Waals surface area contributed by atoms with Crippen LogP contribution >= 0.6 is 0 Å². The van der Waals surface area contributed by atoms with Gasteiger partial charge >= 0.3 is 0 Å². The third kappa shape index (κ3) is 3.23. The lowest BCUT2D eigenvalue weighted by Crippen LogP contribution is -2.07. The van der Waals surface area contributed by atoms with Crippen molar-refractivity contribution in [2.45, 2.75) is 20.8 Å². The minimum Gasteiger partial charge on any atom is -0.378 e. The summed E-state index contributed by atoms with van der Waals surface area (Å²) in [5, 5.41) is 8.71. The van der Waals surface area contributed by atoms with Gasteiger partial charge in [-0.15, -0.1) is 0 Å². The minimum atomic E-state index is 0.870. The zero-order valence-electron chi connectivity index (χ0n) is 12.8. The molecule has 2 rings (SSSR count). The van der Waals surface area contributed by atoms with Crippen molar-refractivity contribution >= 4 is 17.1 Å². The molecule has 0 aromatic heterocycles. The molecule has 0 saturated heterocycles. The molecular formula is C17H21N3. The molecule has 0 N–H and O–H groups in total. The second-order valence-corrected chi connectivity index (χ2v) is 5.34. The first-order chi connectivity index (χ1) is 9.47. The molecule has 0 aliphatic carbocycles. The third-order valence-electron chi connectivity index (χ3n) is 3.42.